The van der Waals surface area contributed by atoms with Gasteiger partial charge in [0.25, 0.3) is 11.8 Å². The van der Waals surface area contributed by atoms with Gasteiger partial charge in [0.05, 0.1) is 11.6 Å². The van der Waals surface area contributed by atoms with Crippen LogP contribution < -0.4 is 10.5 Å². The number of nitrogens with zero attached hydrogens (tertiary/aromatic N) is 2. The van der Waals surface area contributed by atoms with Gasteiger partial charge in [0, 0.05) is 18.3 Å². The van der Waals surface area contributed by atoms with Crippen molar-refractivity contribution in [2.45, 2.75) is 25.1 Å². The first-order valence-electron chi connectivity index (χ1n) is 8.63. The number of alkyl halides is 3. The van der Waals surface area contributed by atoms with E-state index in [4.69, 9.17) is 10.5 Å². The molecule has 2 amide bonds. The number of primary amides is 1. The van der Waals surface area contributed by atoms with E-state index in [2.05, 4.69) is 4.98 Å². The highest BCUT2D eigenvalue weighted by molar-refractivity contribution is 5.95. The molecule has 1 atom stereocenters. The molecule has 1 aliphatic heterocycles. The Morgan fingerprint density at radius 1 is 1.21 bits per heavy atom. The smallest absolute Gasteiger partial charge is 0.416 e. The lowest BCUT2D eigenvalue weighted by Crippen LogP contribution is -2.39. The molecule has 0 aliphatic carbocycles. The van der Waals surface area contributed by atoms with Crippen molar-refractivity contribution in [2.24, 2.45) is 5.73 Å². The average molecular weight is 393 g/mol. The van der Waals surface area contributed by atoms with Gasteiger partial charge < -0.3 is 15.4 Å². The quantitative estimate of drug-likeness (QED) is 0.847. The standard InChI is InChI=1S/C19H18F3N3O3/c20-19(21,22)13-7-5-12(6-8-13)18(27)25-10-2-3-14(25)11-28-15-4-1-9-24-16(15)17(23)26/h1,4-9,14H,2-3,10-11H2,(H2,23,26)/t14-/m1/s1. The number of likely N-dealkylation sites (tertiary alicyclic amines) is 1. The summed E-state index contributed by atoms with van der Waals surface area (Å²) in [5.41, 5.74) is 4.64. The van der Waals surface area contributed by atoms with Crippen LogP contribution in [0.5, 0.6) is 5.75 Å². The lowest BCUT2D eigenvalue weighted by Gasteiger charge is -2.25. The minimum absolute atomic E-state index is 0.00103. The highest BCUT2D eigenvalue weighted by atomic mass is 19.4. The predicted octanol–water partition coefficient (Wildman–Crippen LogP) is 2.88. The van der Waals surface area contributed by atoms with Gasteiger partial charge in [0.15, 0.2) is 11.4 Å². The van der Waals surface area contributed by atoms with E-state index in [1.54, 1.807) is 17.0 Å². The number of aromatic nitrogens is 1. The first-order chi connectivity index (χ1) is 13.3. The Bertz CT molecular complexity index is 869. The third-order valence-electron chi connectivity index (χ3n) is 4.53. The van der Waals surface area contributed by atoms with Crippen LogP contribution in [0.3, 0.4) is 0 Å². The predicted molar refractivity (Wildman–Crippen MR) is 93.8 cm³/mol. The van der Waals surface area contributed by atoms with Crippen LogP contribution in [0.4, 0.5) is 13.2 Å². The molecule has 2 heterocycles. The highest BCUT2D eigenvalue weighted by Crippen LogP contribution is 2.30. The molecule has 1 aliphatic rings. The molecule has 9 heteroatoms. The number of pyridine rings is 1. The summed E-state index contributed by atoms with van der Waals surface area (Å²) in [4.78, 5) is 29.6. The molecule has 0 saturated carbocycles. The number of hydrogen-bond donors (Lipinski definition) is 1. The molecule has 2 N–H and O–H groups in total. The van der Waals surface area contributed by atoms with Gasteiger partial charge >= 0.3 is 6.18 Å². The van der Waals surface area contributed by atoms with E-state index >= 15 is 0 Å². The Kier molecular flexibility index (Phi) is 5.53. The minimum Gasteiger partial charge on any atom is -0.489 e. The lowest BCUT2D eigenvalue weighted by atomic mass is 10.1. The van der Waals surface area contributed by atoms with E-state index in [9.17, 15) is 22.8 Å². The molecular weight excluding hydrogens is 375 g/mol. The van der Waals surface area contributed by atoms with Crippen LogP contribution in [0.1, 0.15) is 39.3 Å². The molecule has 0 radical (unpaired) electrons. The Labute approximate surface area is 159 Å². The highest BCUT2D eigenvalue weighted by Gasteiger charge is 2.32. The fraction of sp³-hybridized carbons (Fsp3) is 0.316. The summed E-state index contributed by atoms with van der Waals surface area (Å²) in [5.74, 6) is -0.857. The molecular formula is C19H18F3N3O3. The maximum Gasteiger partial charge on any atom is 0.416 e. The number of benzene rings is 1. The summed E-state index contributed by atoms with van der Waals surface area (Å²) >= 11 is 0. The number of halogens is 3. The number of ether oxygens (including phenoxy) is 1. The van der Waals surface area contributed by atoms with Crippen molar-refractivity contribution in [3.8, 4) is 5.75 Å². The van der Waals surface area contributed by atoms with Crippen LogP contribution >= 0.6 is 0 Å². The largest absolute Gasteiger partial charge is 0.489 e. The summed E-state index contributed by atoms with van der Waals surface area (Å²) in [5, 5.41) is 0. The Morgan fingerprint density at radius 2 is 1.93 bits per heavy atom. The number of hydrogen-bond acceptors (Lipinski definition) is 4. The third-order valence-corrected chi connectivity index (χ3v) is 4.53. The fourth-order valence-electron chi connectivity index (χ4n) is 3.12. The van der Waals surface area contributed by atoms with Gasteiger partial charge in [-0.2, -0.15) is 13.2 Å². The van der Waals surface area contributed by atoms with E-state index in [0.717, 1.165) is 18.6 Å². The summed E-state index contributed by atoms with van der Waals surface area (Å²) < 4.78 is 43.7. The van der Waals surface area contributed by atoms with Crippen LogP contribution in [0, 0.1) is 0 Å². The van der Waals surface area contributed by atoms with Crippen molar-refractivity contribution >= 4 is 11.8 Å². The van der Waals surface area contributed by atoms with Crippen molar-refractivity contribution in [1.29, 1.82) is 0 Å². The van der Waals surface area contributed by atoms with E-state index in [1.807, 2.05) is 0 Å². The number of carbonyl (C=O) groups is 2. The normalized spacial score (nSPS) is 16.8. The Hall–Kier alpha value is -3.10. The second-order valence-electron chi connectivity index (χ2n) is 6.40. The molecule has 0 bridgehead atoms. The Balaban J connectivity index is 1.69. The van der Waals surface area contributed by atoms with Gasteiger partial charge in [-0.1, -0.05) is 0 Å². The van der Waals surface area contributed by atoms with E-state index < -0.39 is 17.6 Å². The van der Waals surface area contributed by atoms with Gasteiger partial charge in [-0.15, -0.1) is 0 Å². The summed E-state index contributed by atoms with van der Waals surface area (Å²) in [6, 6.07) is 7.02. The molecule has 1 fully saturated rings. The van der Waals surface area contributed by atoms with Gasteiger partial charge in [-0.25, -0.2) is 4.98 Å². The molecule has 3 rings (SSSR count). The van der Waals surface area contributed by atoms with E-state index in [1.165, 1.54) is 18.3 Å². The molecule has 1 aromatic heterocycles. The van der Waals surface area contributed by atoms with Gasteiger partial charge in [-0.05, 0) is 49.2 Å². The maximum absolute atomic E-state index is 12.7. The summed E-state index contributed by atoms with van der Waals surface area (Å²) in [7, 11) is 0. The molecule has 1 saturated heterocycles. The van der Waals surface area contributed by atoms with Crippen LogP contribution in [0.15, 0.2) is 42.6 Å². The topological polar surface area (TPSA) is 85.5 Å². The van der Waals surface area contributed by atoms with Crippen molar-refractivity contribution in [3.05, 3.63) is 59.4 Å². The third kappa shape index (κ3) is 4.24. The first kappa shape index (κ1) is 19.7. The van der Waals surface area contributed by atoms with Crippen molar-refractivity contribution in [3.63, 3.8) is 0 Å². The van der Waals surface area contributed by atoms with Crippen molar-refractivity contribution in [2.75, 3.05) is 13.2 Å². The van der Waals surface area contributed by atoms with Crippen LogP contribution in [0.25, 0.3) is 0 Å². The molecule has 1 aromatic carbocycles. The zero-order valence-corrected chi connectivity index (χ0v) is 14.8. The average Bonchev–Trinajstić information content (AvgIpc) is 3.14. The molecule has 0 spiro atoms. The molecule has 0 unspecified atom stereocenters. The number of rotatable bonds is 5. The van der Waals surface area contributed by atoms with Gasteiger partial charge in [0.2, 0.25) is 0 Å². The van der Waals surface area contributed by atoms with E-state index in [-0.39, 0.29) is 35.6 Å². The summed E-state index contributed by atoms with van der Waals surface area (Å²) in [6.07, 6.45) is -1.61. The van der Waals surface area contributed by atoms with Crippen LogP contribution in [-0.4, -0.2) is 40.9 Å². The Morgan fingerprint density at radius 3 is 2.57 bits per heavy atom. The zero-order valence-electron chi connectivity index (χ0n) is 14.8. The fourth-order valence-corrected chi connectivity index (χ4v) is 3.12. The maximum atomic E-state index is 12.7. The van der Waals surface area contributed by atoms with Gasteiger partial charge in [-0.3, -0.25) is 9.59 Å². The molecule has 6 nitrogen and oxygen atoms in total. The number of carbonyl (C=O) groups excluding carboxylic acids is 2. The zero-order chi connectivity index (χ0) is 20.3. The van der Waals surface area contributed by atoms with Crippen LogP contribution in [0.2, 0.25) is 0 Å². The van der Waals surface area contributed by atoms with Crippen molar-refractivity contribution in [1.82, 2.24) is 9.88 Å². The molecule has 148 valence electrons. The summed E-state index contributed by atoms with van der Waals surface area (Å²) in [6.45, 7) is 0.599. The van der Waals surface area contributed by atoms with Crippen LogP contribution in [-0.2, 0) is 6.18 Å². The molecule has 28 heavy (non-hydrogen) atoms. The van der Waals surface area contributed by atoms with Gasteiger partial charge in [0.1, 0.15) is 6.61 Å². The SMILES string of the molecule is NC(=O)c1ncccc1OC[C@H]1CCCN1C(=O)c1ccc(C(F)(F)F)cc1. The van der Waals surface area contributed by atoms with Crippen molar-refractivity contribution < 1.29 is 27.5 Å². The number of amides is 2. The second-order valence-corrected chi connectivity index (χ2v) is 6.40. The number of nitrogens with two attached hydrogens (primary N) is 1. The first-order valence-corrected chi connectivity index (χ1v) is 8.63. The second kappa shape index (κ2) is 7.87. The molecule has 2 aromatic rings. The lowest BCUT2D eigenvalue weighted by molar-refractivity contribution is -0.137. The minimum atomic E-state index is -4.45. The van der Waals surface area contributed by atoms with E-state index in [0.29, 0.717) is 13.0 Å². The monoisotopic (exact) mass is 393 g/mol.